The van der Waals surface area contributed by atoms with Crippen molar-refractivity contribution in [2.75, 3.05) is 0 Å². The van der Waals surface area contributed by atoms with Gasteiger partial charge < -0.3 is 0 Å². The minimum atomic E-state index is -0.461. The molecule has 116 valence electrons. The molecule has 0 unspecified atom stereocenters. The molecule has 2 aromatic heterocycles. The number of nitrogens with zero attached hydrogens (tertiary/aromatic N) is 5. The molecule has 0 spiro atoms. The molecular weight excluding hydrogens is 314 g/mol. The standard InChI is InChI=1S/C15H13N5O2S/c1-10-8-11(2)19(18-10)14-13(20(21)22)15(17-9-16-14)23-12-6-4-3-5-7-12/h3-9H,1-2H3. The fourth-order valence-corrected chi connectivity index (χ4v) is 3.07. The van der Waals surface area contributed by atoms with Gasteiger partial charge in [-0.3, -0.25) is 10.1 Å². The van der Waals surface area contributed by atoms with Crippen molar-refractivity contribution in [3.05, 3.63) is 64.2 Å². The fourth-order valence-electron chi connectivity index (χ4n) is 2.19. The molecule has 3 rings (SSSR count). The summed E-state index contributed by atoms with van der Waals surface area (Å²) in [5.74, 6) is 0.175. The molecule has 0 bridgehead atoms. The lowest BCUT2D eigenvalue weighted by Gasteiger charge is -2.07. The van der Waals surface area contributed by atoms with Crippen LogP contribution in [0.5, 0.6) is 0 Å². The van der Waals surface area contributed by atoms with Crippen molar-refractivity contribution >= 4 is 17.4 Å². The van der Waals surface area contributed by atoms with Crippen LogP contribution >= 0.6 is 11.8 Å². The molecule has 0 atom stereocenters. The van der Waals surface area contributed by atoms with Gasteiger partial charge in [0.1, 0.15) is 6.33 Å². The molecular formula is C15H13N5O2S. The van der Waals surface area contributed by atoms with Crippen LogP contribution in [0.15, 0.2) is 52.6 Å². The number of benzene rings is 1. The van der Waals surface area contributed by atoms with E-state index >= 15 is 0 Å². The maximum absolute atomic E-state index is 11.6. The predicted octanol–water partition coefficient (Wildman–Crippen LogP) is 3.34. The van der Waals surface area contributed by atoms with E-state index in [0.29, 0.717) is 5.03 Å². The number of aromatic nitrogens is 4. The highest BCUT2D eigenvalue weighted by Gasteiger charge is 2.26. The van der Waals surface area contributed by atoms with Crippen molar-refractivity contribution in [2.24, 2.45) is 0 Å². The topological polar surface area (TPSA) is 86.7 Å². The zero-order valence-electron chi connectivity index (χ0n) is 12.5. The fraction of sp³-hybridized carbons (Fsp3) is 0.133. The molecule has 0 aliphatic heterocycles. The molecule has 1 aromatic carbocycles. The van der Waals surface area contributed by atoms with Crippen molar-refractivity contribution in [1.82, 2.24) is 19.7 Å². The largest absolute Gasteiger partial charge is 0.346 e. The van der Waals surface area contributed by atoms with E-state index in [-0.39, 0.29) is 11.5 Å². The van der Waals surface area contributed by atoms with Crippen molar-refractivity contribution < 1.29 is 4.92 Å². The summed E-state index contributed by atoms with van der Waals surface area (Å²) in [5.41, 5.74) is 1.40. The monoisotopic (exact) mass is 327 g/mol. The van der Waals surface area contributed by atoms with Crippen LogP contribution in [0.4, 0.5) is 5.69 Å². The molecule has 8 heteroatoms. The third-order valence-corrected chi connectivity index (χ3v) is 4.12. The van der Waals surface area contributed by atoms with E-state index in [1.165, 1.54) is 22.8 Å². The Morgan fingerprint density at radius 2 is 1.91 bits per heavy atom. The molecule has 0 aliphatic rings. The normalized spacial score (nSPS) is 10.7. The lowest BCUT2D eigenvalue weighted by Crippen LogP contribution is -2.08. The quantitative estimate of drug-likeness (QED) is 0.415. The maximum Gasteiger partial charge on any atom is 0.346 e. The maximum atomic E-state index is 11.6. The Morgan fingerprint density at radius 1 is 1.17 bits per heavy atom. The van der Waals surface area contributed by atoms with E-state index in [4.69, 9.17) is 0 Å². The van der Waals surface area contributed by atoms with Gasteiger partial charge in [-0.25, -0.2) is 14.6 Å². The second-order valence-electron chi connectivity index (χ2n) is 4.86. The molecule has 3 aromatic rings. The number of nitro groups is 1. The van der Waals surface area contributed by atoms with Gasteiger partial charge in [0.15, 0.2) is 5.03 Å². The van der Waals surface area contributed by atoms with Crippen molar-refractivity contribution in [1.29, 1.82) is 0 Å². The highest BCUT2D eigenvalue weighted by Crippen LogP contribution is 2.35. The Morgan fingerprint density at radius 3 is 2.52 bits per heavy atom. The summed E-state index contributed by atoms with van der Waals surface area (Å²) in [4.78, 5) is 20.2. The van der Waals surface area contributed by atoms with E-state index in [9.17, 15) is 10.1 Å². The average Bonchev–Trinajstić information content (AvgIpc) is 2.86. The second kappa shape index (κ2) is 6.17. The molecule has 0 amide bonds. The Balaban J connectivity index is 2.13. The van der Waals surface area contributed by atoms with Crippen LogP contribution in [0, 0.1) is 24.0 Å². The molecule has 7 nitrogen and oxygen atoms in total. The van der Waals surface area contributed by atoms with E-state index in [1.807, 2.05) is 50.2 Å². The molecule has 0 saturated heterocycles. The Hall–Kier alpha value is -2.74. The Labute approximate surface area is 136 Å². The first-order valence-corrected chi connectivity index (χ1v) is 7.64. The zero-order valence-corrected chi connectivity index (χ0v) is 13.3. The molecule has 0 N–H and O–H groups in total. The molecule has 23 heavy (non-hydrogen) atoms. The van der Waals surface area contributed by atoms with Crippen LogP contribution < -0.4 is 0 Å². The van der Waals surface area contributed by atoms with Crippen LogP contribution in [0.2, 0.25) is 0 Å². The summed E-state index contributed by atoms with van der Waals surface area (Å²) in [5, 5.41) is 16.2. The molecule has 0 aliphatic carbocycles. The van der Waals surface area contributed by atoms with Crippen LogP contribution in [0.1, 0.15) is 11.4 Å². The van der Waals surface area contributed by atoms with Crippen LogP contribution in [0.3, 0.4) is 0 Å². The van der Waals surface area contributed by atoms with Crippen LogP contribution in [-0.4, -0.2) is 24.7 Å². The third kappa shape index (κ3) is 3.07. The Kier molecular flexibility index (Phi) is 4.07. The van der Waals surface area contributed by atoms with E-state index in [0.717, 1.165) is 16.3 Å². The lowest BCUT2D eigenvalue weighted by atomic mass is 10.4. The van der Waals surface area contributed by atoms with Gasteiger partial charge >= 0.3 is 5.69 Å². The molecule has 0 saturated carbocycles. The summed E-state index contributed by atoms with van der Waals surface area (Å²) < 4.78 is 1.48. The lowest BCUT2D eigenvalue weighted by molar-refractivity contribution is -0.388. The van der Waals surface area contributed by atoms with Gasteiger partial charge in [0.2, 0.25) is 5.82 Å². The highest BCUT2D eigenvalue weighted by atomic mass is 32.2. The van der Waals surface area contributed by atoms with Gasteiger partial charge in [-0.1, -0.05) is 30.0 Å². The van der Waals surface area contributed by atoms with Gasteiger partial charge in [-0.15, -0.1) is 0 Å². The van der Waals surface area contributed by atoms with Gasteiger partial charge in [0.25, 0.3) is 0 Å². The smallest absolute Gasteiger partial charge is 0.258 e. The summed E-state index contributed by atoms with van der Waals surface area (Å²) in [6.45, 7) is 3.66. The third-order valence-electron chi connectivity index (χ3n) is 3.12. The first kappa shape index (κ1) is 15.2. The summed E-state index contributed by atoms with van der Waals surface area (Å²) in [6.07, 6.45) is 1.32. The average molecular weight is 327 g/mol. The van der Waals surface area contributed by atoms with E-state index in [1.54, 1.807) is 0 Å². The Bertz CT molecular complexity index is 864. The summed E-state index contributed by atoms with van der Waals surface area (Å²) in [6, 6.07) is 11.2. The van der Waals surface area contributed by atoms with E-state index < -0.39 is 4.92 Å². The second-order valence-corrected chi connectivity index (χ2v) is 5.92. The van der Waals surface area contributed by atoms with Gasteiger partial charge in [0.05, 0.1) is 10.6 Å². The zero-order chi connectivity index (χ0) is 16.4. The predicted molar refractivity (Wildman–Crippen MR) is 85.8 cm³/mol. The van der Waals surface area contributed by atoms with Gasteiger partial charge in [-0.2, -0.15) is 5.10 Å². The SMILES string of the molecule is Cc1cc(C)n(-c2ncnc(Sc3ccccc3)c2[N+](=O)[O-])n1. The van der Waals surface area contributed by atoms with E-state index in [2.05, 4.69) is 15.1 Å². The number of rotatable bonds is 4. The van der Waals surface area contributed by atoms with Gasteiger partial charge in [0, 0.05) is 10.6 Å². The minimum Gasteiger partial charge on any atom is -0.258 e. The van der Waals surface area contributed by atoms with Crippen LogP contribution in [0.25, 0.3) is 5.82 Å². The number of hydrogen-bond donors (Lipinski definition) is 0. The number of aryl methyl sites for hydroxylation is 2. The van der Waals surface area contributed by atoms with Crippen molar-refractivity contribution in [3.63, 3.8) is 0 Å². The van der Waals surface area contributed by atoms with Crippen molar-refractivity contribution in [3.8, 4) is 5.82 Å². The van der Waals surface area contributed by atoms with Crippen molar-refractivity contribution in [2.45, 2.75) is 23.8 Å². The number of hydrogen-bond acceptors (Lipinski definition) is 6. The molecule has 2 heterocycles. The van der Waals surface area contributed by atoms with Crippen LogP contribution in [-0.2, 0) is 0 Å². The first-order valence-electron chi connectivity index (χ1n) is 6.82. The first-order chi connectivity index (χ1) is 11.1. The summed E-state index contributed by atoms with van der Waals surface area (Å²) in [7, 11) is 0. The molecule has 0 radical (unpaired) electrons. The highest BCUT2D eigenvalue weighted by molar-refractivity contribution is 7.99. The minimum absolute atomic E-state index is 0.146. The summed E-state index contributed by atoms with van der Waals surface area (Å²) >= 11 is 1.23. The molecule has 0 fully saturated rings. The van der Waals surface area contributed by atoms with Gasteiger partial charge in [-0.05, 0) is 32.0 Å².